The number of rotatable bonds is 6. The van der Waals surface area contributed by atoms with E-state index in [1.165, 1.54) is 27.6 Å². The topological polar surface area (TPSA) is 92.5 Å². The summed E-state index contributed by atoms with van der Waals surface area (Å²) in [5.41, 5.74) is 10.6. The number of nitrogens with zero attached hydrogens (tertiary/aromatic N) is 1. The molecule has 8 heteroatoms. The van der Waals surface area contributed by atoms with Crippen molar-refractivity contribution in [2.75, 3.05) is 5.32 Å². The predicted octanol–water partition coefficient (Wildman–Crippen LogP) is 7.45. The monoisotopic (exact) mass is 585 g/mol. The molecule has 5 rings (SSSR count). The lowest BCUT2D eigenvalue weighted by Crippen LogP contribution is -2.48. The maximum Gasteiger partial charge on any atom is 0.323 e. The lowest BCUT2D eigenvalue weighted by molar-refractivity contribution is -0.122. The molecular weight excluding hydrogens is 551 g/mol. The Morgan fingerprint density at radius 1 is 0.902 bits per heavy atom. The lowest BCUT2D eigenvalue weighted by Gasteiger charge is -2.30. The van der Waals surface area contributed by atoms with Gasteiger partial charge < -0.3 is 16.0 Å². The van der Waals surface area contributed by atoms with Crippen molar-refractivity contribution in [2.24, 2.45) is 11.7 Å². The first-order valence-corrected chi connectivity index (χ1v) is 15.4. The Balaban J connectivity index is 1.70. The van der Waals surface area contributed by atoms with Crippen molar-refractivity contribution >= 4 is 46.1 Å². The normalized spacial score (nSPS) is 20.7. The molecule has 4 atom stereocenters. The van der Waals surface area contributed by atoms with E-state index < -0.39 is 35.9 Å². The summed E-state index contributed by atoms with van der Waals surface area (Å²) in [4.78, 5) is 44.9. The van der Waals surface area contributed by atoms with Gasteiger partial charge in [-0.1, -0.05) is 63.2 Å². The van der Waals surface area contributed by atoms with Gasteiger partial charge in [0.15, 0.2) is 5.78 Å². The minimum absolute atomic E-state index is 0.0696. The van der Waals surface area contributed by atoms with Crippen molar-refractivity contribution in [3.8, 4) is 0 Å². The highest BCUT2D eigenvalue weighted by Crippen LogP contribution is 2.53. The smallest absolute Gasteiger partial charge is 0.323 e. The molecule has 2 aromatic carbocycles. The molecule has 1 fully saturated rings. The summed E-state index contributed by atoms with van der Waals surface area (Å²) in [6.07, 6.45) is 0. The molecule has 0 saturated carbocycles. The molecule has 6 nitrogen and oxygen atoms in total. The van der Waals surface area contributed by atoms with Crippen molar-refractivity contribution < 1.29 is 14.4 Å². The Labute approximate surface area is 249 Å². The number of nitrogens with one attached hydrogen (secondary N) is 1. The molecule has 2 aromatic heterocycles. The molecule has 41 heavy (non-hydrogen) atoms. The zero-order valence-electron chi connectivity index (χ0n) is 23.9. The highest BCUT2D eigenvalue weighted by molar-refractivity contribution is 7.12. The Bertz CT molecular complexity index is 1570. The SMILES string of the molecule is Cc1cccc(NC(=O)N2C(C(N)=O)C(c3ccc(C(C)(C)C)cc3)C(C(=O)c3cccs3)C2c2sccc2C)c1. The van der Waals surface area contributed by atoms with Crippen LogP contribution in [-0.4, -0.2) is 28.7 Å². The number of primary amides is 1. The quantitative estimate of drug-likeness (QED) is 0.230. The Morgan fingerprint density at radius 3 is 2.20 bits per heavy atom. The number of urea groups is 1. The van der Waals surface area contributed by atoms with E-state index in [1.807, 2.05) is 85.3 Å². The second kappa shape index (κ2) is 11.3. The third-order valence-electron chi connectivity index (χ3n) is 7.86. The van der Waals surface area contributed by atoms with Crippen LogP contribution in [0, 0.1) is 19.8 Å². The van der Waals surface area contributed by atoms with E-state index in [0.29, 0.717) is 10.6 Å². The van der Waals surface area contributed by atoms with E-state index in [2.05, 4.69) is 26.1 Å². The maximum atomic E-state index is 14.4. The van der Waals surface area contributed by atoms with Crippen molar-refractivity contribution in [2.45, 2.75) is 58.0 Å². The van der Waals surface area contributed by atoms with Crippen LogP contribution < -0.4 is 11.1 Å². The van der Waals surface area contributed by atoms with E-state index in [9.17, 15) is 14.4 Å². The molecule has 3 heterocycles. The van der Waals surface area contributed by atoms with Crippen molar-refractivity contribution in [1.29, 1.82) is 0 Å². The number of carbonyl (C=O) groups is 3. The van der Waals surface area contributed by atoms with Gasteiger partial charge >= 0.3 is 6.03 Å². The molecule has 0 radical (unpaired) electrons. The molecule has 3 N–H and O–H groups in total. The summed E-state index contributed by atoms with van der Waals surface area (Å²) < 4.78 is 0. The Hall–Kier alpha value is -3.75. The number of amides is 3. The highest BCUT2D eigenvalue weighted by atomic mass is 32.1. The van der Waals surface area contributed by atoms with Gasteiger partial charge in [-0.25, -0.2) is 4.79 Å². The standard InChI is InChI=1S/C33H35N3O3S2/c1-19-8-6-9-23(18-19)35-32(39)36-27(30-20(2)15-17-41-30)26(29(37)24-10-7-16-40-24)25(28(36)31(34)38)21-11-13-22(14-12-21)33(3,4)5/h6-18,25-28H,1-5H3,(H2,34,38)(H,35,39). The average molecular weight is 586 g/mol. The van der Waals surface area contributed by atoms with Crippen LogP contribution in [0.3, 0.4) is 0 Å². The minimum Gasteiger partial charge on any atom is -0.368 e. The molecule has 1 saturated heterocycles. The van der Waals surface area contributed by atoms with E-state index >= 15 is 0 Å². The van der Waals surface area contributed by atoms with Crippen LogP contribution in [0.1, 0.15) is 69.5 Å². The van der Waals surface area contributed by atoms with Crippen LogP contribution in [0.15, 0.2) is 77.5 Å². The second-order valence-corrected chi connectivity index (χ2v) is 13.6. The number of likely N-dealkylation sites (tertiary alicyclic amines) is 1. The van der Waals surface area contributed by atoms with Crippen LogP contribution in [0.4, 0.5) is 10.5 Å². The van der Waals surface area contributed by atoms with E-state index in [-0.39, 0.29) is 11.2 Å². The number of nitrogens with two attached hydrogens (primary N) is 1. The number of anilines is 1. The Kier molecular flexibility index (Phi) is 7.90. The fraction of sp³-hybridized carbons (Fsp3) is 0.303. The van der Waals surface area contributed by atoms with Gasteiger partial charge in [-0.2, -0.15) is 0 Å². The summed E-state index contributed by atoms with van der Waals surface area (Å²) in [6, 6.07) is 19.0. The number of Topliss-reactive ketones (excluding diaryl/α,β-unsaturated/α-hetero) is 1. The van der Waals surface area contributed by atoms with Gasteiger partial charge in [-0.05, 0) is 76.5 Å². The van der Waals surface area contributed by atoms with E-state index in [4.69, 9.17) is 5.73 Å². The first-order valence-electron chi connectivity index (χ1n) is 13.6. The number of aryl methyl sites for hydroxylation is 2. The highest BCUT2D eigenvalue weighted by Gasteiger charge is 2.57. The van der Waals surface area contributed by atoms with Crippen LogP contribution in [0.2, 0.25) is 0 Å². The third-order valence-corrected chi connectivity index (χ3v) is 9.83. The maximum absolute atomic E-state index is 14.4. The van der Waals surface area contributed by atoms with Gasteiger partial charge in [0.1, 0.15) is 6.04 Å². The first-order chi connectivity index (χ1) is 19.5. The zero-order valence-corrected chi connectivity index (χ0v) is 25.5. The van der Waals surface area contributed by atoms with Crippen molar-refractivity contribution in [3.63, 3.8) is 0 Å². The lowest BCUT2D eigenvalue weighted by atomic mass is 9.77. The largest absolute Gasteiger partial charge is 0.368 e. The number of carbonyl (C=O) groups excluding carboxylic acids is 3. The number of hydrogen-bond donors (Lipinski definition) is 2. The number of thiophene rings is 2. The van der Waals surface area contributed by atoms with Crippen molar-refractivity contribution in [1.82, 2.24) is 4.90 Å². The van der Waals surface area contributed by atoms with Gasteiger partial charge in [-0.3, -0.25) is 9.59 Å². The molecule has 1 aliphatic rings. The number of ketones is 1. The van der Waals surface area contributed by atoms with Gasteiger partial charge in [0.25, 0.3) is 0 Å². The summed E-state index contributed by atoms with van der Waals surface area (Å²) >= 11 is 2.86. The molecule has 4 unspecified atom stereocenters. The molecule has 0 aliphatic carbocycles. The first kappa shape index (κ1) is 28.8. The molecule has 1 aliphatic heterocycles. The van der Waals surface area contributed by atoms with Crippen LogP contribution in [-0.2, 0) is 10.2 Å². The summed E-state index contributed by atoms with van der Waals surface area (Å²) in [6.45, 7) is 10.3. The molecule has 3 amide bonds. The third kappa shape index (κ3) is 5.59. The molecular formula is C33H35N3O3S2. The predicted molar refractivity (Wildman–Crippen MR) is 167 cm³/mol. The fourth-order valence-electron chi connectivity index (χ4n) is 5.85. The van der Waals surface area contributed by atoms with Crippen LogP contribution in [0.25, 0.3) is 0 Å². The van der Waals surface area contributed by atoms with Crippen molar-refractivity contribution in [3.05, 3.63) is 109 Å². The minimum atomic E-state index is -1.04. The van der Waals surface area contributed by atoms with Gasteiger partial charge in [-0.15, -0.1) is 22.7 Å². The average Bonchev–Trinajstić information content (AvgIpc) is 3.66. The van der Waals surface area contributed by atoms with Gasteiger partial charge in [0.2, 0.25) is 5.91 Å². The summed E-state index contributed by atoms with van der Waals surface area (Å²) in [7, 11) is 0. The zero-order chi connectivity index (χ0) is 29.5. The molecule has 0 bridgehead atoms. The number of benzene rings is 2. The molecule has 212 valence electrons. The van der Waals surface area contributed by atoms with Gasteiger partial charge in [0.05, 0.1) is 16.8 Å². The van der Waals surface area contributed by atoms with E-state index in [0.717, 1.165) is 27.1 Å². The fourth-order valence-corrected chi connectivity index (χ4v) is 7.64. The van der Waals surface area contributed by atoms with E-state index in [1.54, 1.807) is 6.07 Å². The molecule has 0 spiro atoms. The second-order valence-electron chi connectivity index (χ2n) is 11.7. The summed E-state index contributed by atoms with van der Waals surface area (Å²) in [5, 5.41) is 6.82. The molecule has 4 aromatic rings. The van der Waals surface area contributed by atoms with Gasteiger partial charge in [0, 0.05) is 16.5 Å². The summed E-state index contributed by atoms with van der Waals surface area (Å²) in [5.74, 6) is -2.09. The Morgan fingerprint density at radius 2 is 1.63 bits per heavy atom. The van der Waals surface area contributed by atoms with Crippen LogP contribution >= 0.6 is 22.7 Å². The number of hydrogen-bond acceptors (Lipinski definition) is 5. The van der Waals surface area contributed by atoms with Crippen LogP contribution in [0.5, 0.6) is 0 Å².